The summed E-state index contributed by atoms with van der Waals surface area (Å²) in [6, 6.07) is 20.4. The molecule has 1 heterocycles. The van der Waals surface area contributed by atoms with Crippen LogP contribution < -0.4 is 5.73 Å². The highest BCUT2D eigenvalue weighted by Crippen LogP contribution is 2.32. The van der Waals surface area contributed by atoms with Crippen LogP contribution in [0.3, 0.4) is 0 Å². The third-order valence-electron chi connectivity index (χ3n) is 4.56. The zero-order valence-electron chi connectivity index (χ0n) is 14.1. The largest absolute Gasteiger partial charge is 0.366 e. The van der Waals surface area contributed by atoms with E-state index in [1.807, 2.05) is 43.3 Å². The molecule has 122 valence electrons. The predicted molar refractivity (Wildman–Crippen MR) is 98.0 cm³/mol. The molecule has 3 heteroatoms. The summed E-state index contributed by atoms with van der Waals surface area (Å²) in [7, 11) is 0. The second kappa shape index (κ2) is 6.75. The molecule has 0 radical (unpaired) electrons. The molecule has 3 nitrogen and oxygen atoms in total. The minimum atomic E-state index is -0.368. The van der Waals surface area contributed by atoms with E-state index in [0.717, 1.165) is 35.5 Å². The summed E-state index contributed by atoms with van der Waals surface area (Å²) in [5.41, 5.74) is 11.6. The number of nitrogens with two attached hydrogens (primary N) is 1. The van der Waals surface area contributed by atoms with Crippen LogP contribution in [-0.2, 0) is 13.0 Å². The first-order valence-electron chi connectivity index (χ1n) is 8.18. The maximum atomic E-state index is 12.1. The van der Waals surface area contributed by atoms with Crippen molar-refractivity contribution >= 4 is 5.91 Å². The van der Waals surface area contributed by atoms with Gasteiger partial charge in [0, 0.05) is 23.5 Å². The van der Waals surface area contributed by atoms with Crippen molar-refractivity contribution in [3.8, 4) is 11.1 Å². The summed E-state index contributed by atoms with van der Waals surface area (Å²) >= 11 is 0. The highest BCUT2D eigenvalue weighted by molar-refractivity contribution is 6.02. The van der Waals surface area contributed by atoms with E-state index in [2.05, 4.69) is 35.8 Å². The number of hydrogen-bond donors (Lipinski definition) is 1. The molecule has 0 atom stereocenters. The van der Waals surface area contributed by atoms with E-state index >= 15 is 0 Å². The van der Waals surface area contributed by atoms with Gasteiger partial charge in [-0.05, 0) is 31.4 Å². The van der Waals surface area contributed by atoms with Gasteiger partial charge < -0.3 is 10.3 Å². The van der Waals surface area contributed by atoms with Crippen LogP contribution in [-0.4, -0.2) is 10.5 Å². The van der Waals surface area contributed by atoms with Crippen LogP contribution in [0, 0.1) is 13.8 Å². The van der Waals surface area contributed by atoms with E-state index in [-0.39, 0.29) is 5.91 Å². The van der Waals surface area contributed by atoms with E-state index in [1.54, 1.807) is 0 Å². The SMILES string of the molecule is Cc1c(C(N)=O)c(-c2ccccc2)c(C)n1CCc1ccccc1. The zero-order valence-corrected chi connectivity index (χ0v) is 14.1. The highest BCUT2D eigenvalue weighted by atomic mass is 16.1. The van der Waals surface area contributed by atoms with Gasteiger partial charge in [-0.3, -0.25) is 4.79 Å². The molecule has 3 rings (SSSR count). The summed E-state index contributed by atoms with van der Waals surface area (Å²) in [4.78, 5) is 12.1. The molecule has 2 N–H and O–H groups in total. The van der Waals surface area contributed by atoms with E-state index in [1.165, 1.54) is 5.56 Å². The van der Waals surface area contributed by atoms with Crippen LogP contribution >= 0.6 is 0 Å². The first kappa shape index (κ1) is 16.1. The number of nitrogens with zero attached hydrogens (tertiary/aromatic N) is 1. The monoisotopic (exact) mass is 318 g/mol. The van der Waals surface area contributed by atoms with Crippen LogP contribution in [0.5, 0.6) is 0 Å². The Labute approximate surface area is 142 Å². The number of benzene rings is 2. The average Bonchev–Trinajstić information content (AvgIpc) is 2.85. The number of hydrogen-bond acceptors (Lipinski definition) is 1. The molecule has 0 unspecified atom stereocenters. The number of amides is 1. The van der Waals surface area contributed by atoms with Gasteiger partial charge in [0.05, 0.1) is 5.56 Å². The Morgan fingerprint density at radius 3 is 2.08 bits per heavy atom. The summed E-state index contributed by atoms with van der Waals surface area (Å²) in [6.07, 6.45) is 0.920. The van der Waals surface area contributed by atoms with Gasteiger partial charge in [0.2, 0.25) is 0 Å². The zero-order chi connectivity index (χ0) is 17.1. The van der Waals surface area contributed by atoms with Gasteiger partial charge in [0.25, 0.3) is 5.91 Å². The lowest BCUT2D eigenvalue weighted by Gasteiger charge is -2.10. The van der Waals surface area contributed by atoms with Crippen LogP contribution in [0.25, 0.3) is 11.1 Å². The number of aryl methyl sites for hydroxylation is 1. The second-order valence-corrected chi connectivity index (χ2v) is 6.04. The van der Waals surface area contributed by atoms with Crippen molar-refractivity contribution in [3.63, 3.8) is 0 Å². The molecular weight excluding hydrogens is 296 g/mol. The van der Waals surface area contributed by atoms with E-state index in [9.17, 15) is 4.79 Å². The fraction of sp³-hybridized carbons (Fsp3) is 0.190. The van der Waals surface area contributed by atoms with Gasteiger partial charge in [-0.2, -0.15) is 0 Å². The van der Waals surface area contributed by atoms with E-state index in [0.29, 0.717) is 5.56 Å². The van der Waals surface area contributed by atoms with E-state index < -0.39 is 0 Å². The molecule has 0 aliphatic carbocycles. The van der Waals surface area contributed by atoms with Crippen molar-refractivity contribution in [3.05, 3.63) is 83.2 Å². The molecule has 1 aromatic heterocycles. The Hall–Kier alpha value is -2.81. The van der Waals surface area contributed by atoms with Gasteiger partial charge in [0.15, 0.2) is 0 Å². The minimum absolute atomic E-state index is 0.368. The molecule has 0 spiro atoms. The van der Waals surface area contributed by atoms with Crippen molar-refractivity contribution in [2.45, 2.75) is 26.8 Å². The smallest absolute Gasteiger partial charge is 0.251 e. The second-order valence-electron chi connectivity index (χ2n) is 6.04. The first-order chi connectivity index (χ1) is 11.6. The number of carbonyl (C=O) groups excluding carboxylic acids is 1. The molecule has 1 amide bonds. The normalized spacial score (nSPS) is 10.8. The molecule has 0 aliphatic rings. The third kappa shape index (κ3) is 2.98. The predicted octanol–water partition coefficient (Wildman–Crippen LogP) is 4.11. The van der Waals surface area contributed by atoms with Gasteiger partial charge in [-0.1, -0.05) is 60.7 Å². The maximum absolute atomic E-state index is 12.1. The molecular formula is C21H22N2O. The number of aromatic nitrogens is 1. The van der Waals surface area contributed by atoms with Gasteiger partial charge >= 0.3 is 0 Å². The Balaban J connectivity index is 2.03. The summed E-state index contributed by atoms with van der Waals surface area (Å²) in [6.45, 7) is 4.87. The molecule has 0 bridgehead atoms. The van der Waals surface area contributed by atoms with Crippen molar-refractivity contribution in [2.24, 2.45) is 5.73 Å². The van der Waals surface area contributed by atoms with Crippen LogP contribution in [0.1, 0.15) is 27.3 Å². The quantitative estimate of drug-likeness (QED) is 0.756. The molecule has 0 aliphatic heterocycles. The van der Waals surface area contributed by atoms with Crippen molar-refractivity contribution < 1.29 is 4.79 Å². The molecule has 0 saturated carbocycles. The molecule has 24 heavy (non-hydrogen) atoms. The number of rotatable bonds is 5. The maximum Gasteiger partial charge on any atom is 0.251 e. The van der Waals surface area contributed by atoms with Gasteiger partial charge in [-0.25, -0.2) is 0 Å². The van der Waals surface area contributed by atoms with Crippen LogP contribution in [0.2, 0.25) is 0 Å². The average molecular weight is 318 g/mol. The number of primary amides is 1. The highest BCUT2D eigenvalue weighted by Gasteiger charge is 2.22. The fourth-order valence-corrected chi connectivity index (χ4v) is 3.36. The Bertz CT molecular complexity index is 849. The topological polar surface area (TPSA) is 48.0 Å². The van der Waals surface area contributed by atoms with Crippen molar-refractivity contribution in [2.75, 3.05) is 0 Å². The van der Waals surface area contributed by atoms with Crippen LogP contribution in [0.4, 0.5) is 0 Å². The van der Waals surface area contributed by atoms with Crippen molar-refractivity contribution in [1.29, 1.82) is 0 Å². The molecule has 0 fully saturated rings. The Morgan fingerprint density at radius 1 is 0.917 bits per heavy atom. The fourth-order valence-electron chi connectivity index (χ4n) is 3.36. The summed E-state index contributed by atoms with van der Waals surface area (Å²) in [5, 5.41) is 0. The molecule has 2 aromatic carbocycles. The third-order valence-corrected chi connectivity index (χ3v) is 4.56. The van der Waals surface area contributed by atoms with Gasteiger partial charge in [-0.15, -0.1) is 0 Å². The number of carbonyl (C=O) groups is 1. The molecule has 0 saturated heterocycles. The van der Waals surface area contributed by atoms with Gasteiger partial charge in [0.1, 0.15) is 0 Å². The first-order valence-corrected chi connectivity index (χ1v) is 8.18. The van der Waals surface area contributed by atoms with Crippen molar-refractivity contribution in [1.82, 2.24) is 4.57 Å². The summed E-state index contributed by atoms with van der Waals surface area (Å²) in [5.74, 6) is -0.368. The summed E-state index contributed by atoms with van der Waals surface area (Å²) < 4.78 is 2.20. The lowest BCUT2D eigenvalue weighted by atomic mass is 10.0. The minimum Gasteiger partial charge on any atom is -0.366 e. The van der Waals surface area contributed by atoms with E-state index in [4.69, 9.17) is 5.73 Å². The van der Waals surface area contributed by atoms with Crippen LogP contribution in [0.15, 0.2) is 60.7 Å². The molecule has 3 aromatic rings. The lowest BCUT2D eigenvalue weighted by molar-refractivity contribution is 0.1000. The Kier molecular flexibility index (Phi) is 4.52. The standard InChI is InChI=1S/C21H22N2O/c1-15-19(18-11-7-4-8-12-18)20(21(22)24)16(2)23(15)14-13-17-9-5-3-6-10-17/h3-12H,13-14H2,1-2H3,(H2,22,24). The Morgan fingerprint density at radius 2 is 1.50 bits per heavy atom. The lowest BCUT2D eigenvalue weighted by Crippen LogP contribution is -2.13.